The molecule has 0 radical (unpaired) electrons. The van der Waals surface area contributed by atoms with Crippen molar-refractivity contribution in [3.8, 4) is 9.75 Å². The molecule has 0 saturated heterocycles. The van der Waals surface area contributed by atoms with Gasteiger partial charge in [-0.3, -0.25) is 0 Å². The minimum atomic E-state index is 1.22. The first-order valence-electron chi connectivity index (χ1n) is 25.9. The molecule has 336 valence electrons. The van der Waals surface area contributed by atoms with Gasteiger partial charge in [-0.2, -0.15) is 0 Å². The maximum atomic E-state index is 2.63. The topological polar surface area (TPSA) is 0 Å². The lowest BCUT2D eigenvalue weighted by molar-refractivity contribution is 0.535. The molecule has 0 saturated carbocycles. The fourth-order valence-corrected chi connectivity index (χ4v) is 14.9. The molecule has 0 nitrogen and oxygen atoms in total. The van der Waals surface area contributed by atoms with Gasteiger partial charge in [0.2, 0.25) is 0 Å². The van der Waals surface area contributed by atoms with Crippen LogP contribution < -0.4 is 0 Å². The lowest BCUT2D eigenvalue weighted by atomic mass is 9.94. The maximum absolute atomic E-state index is 2.63. The number of benzene rings is 3. The van der Waals surface area contributed by atoms with E-state index in [0.29, 0.717) is 0 Å². The Balaban J connectivity index is 1.02. The zero-order valence-electron chi connectivity index (χ0n) is 39.5. The number of rotatable bonds is 31. The average Bonchev–Trinajstić information content (AvgIpc) is 4.08. The number of unbranched alkanes of at least 4 members (excludes halogenated alkanes) is 26. The van der Waals surface area contributed by atoms with E-state index in [2.05, 4.69) is 98.9 Å². The Morgan fingerprint density at radius 3 is 1.26 bits per heavy atom. The molecule has 62 heavy (non-hydrogen) atoms. The third-order valence-corrected chi connectivity index (χ3v) is 18.6. The summed E-state index contributed by atoms with van der Waals surface area (Å²) in [7, 11) is 0. The minimum absolute atomic E-state index is 1.22. The van der Waals surface area contributed by atoms with Crippen LogP contribution in [0, 0.1) is 13.8 Å². The summed E-state index contributed by atoms with van der Waals surface area (Å²) < 4.78 is 6.05. The number of thiophene rings is 4. The van der Waals surface area contributed by atoms with E-state index in [1.165, 1.54) is 243 Å². The fourth-order valence-electron chi connectivity index (χ4n) is 10.3. The summed E-state index contributed by atoms with van der Waals surface area (Å²) in [4.78, 5) is 5.80. The maximum Gasteiger partial charge on any atom is 0.0455 e. The highest BCUT2D eigenvalue weighted by Crippen LogP contribution is 2.48. The highest BCUT2D eigenvalue weighted by molar-refractivity contribution is 7.29. The van der Waals surface area contributed by atoms with Gasteiger partial charge in [-0.05, 0) is 103 Å². The SMILES string of the molecule is CCCCCCCCCCCCCCCCc1c2cc(-c3cc4c(ccc5c4ccc4cc(C)sc45)s3)sc2c(CCCCCCCCCCCCCCCC)c2cc(C)sc12. The first-order valence-corrected chi connectivity index (χ1v) is 29.2. The molecule has 4 heteroatoms. The summed E-state index contributed by atoms with van der Waals surface area (Å²) in [5, 5.41) is 8.79. The molecule has 0 unspecified atom stereocenters. The normalized spacial score (nSPS) is 12.2. The third kappa shape index (κ3) is 13.0. The molecule has 0 amide bonds. The Morgan fingerprint density at radius 1 is 0.323 bits per heavy atom. The zero-order valence-corrected chi connectivity index (χ0v) is 42.7. The Morgan fingerprint density at radius 2 is 0.726 bits per heavy atom. The largest absolute Gasteiger partial charge is 0.140 e. The number of aryl methyl sites for hydroxylation is 4. The summed E-state index contributed by atoms with van der Waals surface area (Å²) in [6.07, 6.45) is 42.1. The van der Waals surface area contributed by atoms with E-state index < -0.39 is 0 Å². The minimum Gasteiger partial charge on any atom is -0.140 e. The van der Waals surface area contributed by atoms with Gasteiger partial charge in [0.05, 0.1) is 0 Å². The highest BCUT2D eigenvalue weighted by Gasteiger charge is 2.21. The molecule has 0 aliphatic rings. The van der Waals surface area contributed by atoms with Crippen LogP contribution in [0.1, 0.15) is 215 Å². The van der Waals surface area contributed by atoms with Crippen LogP contribution in [0.15, 0.2) is 48.5 Å². The van der Waals surface area contributed by atoms with Crippen LogP contribution in [0.5, 0.6) is 0 Å². The van der Waals surface area contributed by atoms with E-state index in [9.17, 15) is 0 Å². The van der Waals surface area contributed by atoms with E-state index in [0.717, 1.165) is 0 Å². The summed E-state index contributed by atoms with van der Waals surface area (Å²) in [5.41, 5.74) is 3.31. The number of hydrogen-bond acceptors (Lipinski definition) is 4. The molecular weight excluding hydrogens is 825 g/mol. The predicted octanol–water partition coefficient (Wildman–Crippen LogP) is 22.0. The van der Waals surface area contributed by atoms with E-state index in [4.69, 9.17) is 0 Å². The molecule has 0 aliphatic carbocycles. The molecular formula is C58H80S4. The van der Waals surface area contributed by atoms with Gasteiger partial charge in [-0.25, -0.2) is 0 Å². The molecule has 7 rings (SSSR count). The lowest BCUT2D eigenvalue weighted by Gasteiger charge is -2.12. The predicted molar refractivity (Wildman–Crippen MR) is 288 cm³/mol. The van der Waals surface area contributed by atoms with E-state index >= 15 is 0 Å². The molecule has 7 aromatic rings. The van der Waals surface area contributed by atoms with Gasteiger partial charge in [0.25, 0.3) is 0 Å². The molecule has 0 aliphatic heterocycles. The van der Waals surface area contributed by atoms with Crippen LogP contribution in [0.3, 0.4) is 0 Å². The van der Waals surface area contributed by atoms with Gasteiger partial charge < -0.3 is 0 Å². The molecule has 0 N–H and O–H groups in total. The van der Waals surface area contributed by atoms with Crippen molar-refractivity contribution in [3.63, 3.8) is 0 Å². The van der Waals surface area contributed by atoms with Crippen LogP contribution in [-0.2, 0) is 12.8 Å². The van der Waals surface area contributed by atoms with Crippen molar-refractivity contribution in [1.29, 1.82) is 0 Å². The van der Waals surface area contributed by atoms with Gasteiger partial charge in [0.1, 0.15) is 0 Å². The monoisotopic (exact) mass is 905 g/mol. The second kappa shape index (κ2) is 25.5. The summed E-state index contributed by atoms with van der Waals surface area (Å²) in [6, 6.07) is 19.6. The van der Waals surface area contributed by atoms with Crippen molar-refractivity contribution in [1.82, 2.24) is 0 Å². The smallest absolute Gasteiger partial charge is 0.0455 e. The fraction of sp³-hybridized carbons (Fsp3) is 0.586. The quantitative estimate of drug-likeness (QED) is 0.0381. The van der Waals surface area contributed by atoms with Crippen molar-refractivity contribution >= 4 is 96.5 Å². The molecule has 0 spiro atoms. The Kier molecular flexibility index (Phi) is 19.6. The van der Waals surface area contributed by atoms with Crippen LogP contribution in [0.25, 0.3) is 60.9 Å². The van der Waals surface area contributed by atoms with Gasteiger partial charge in [-0.15, -0.1) is 45.3 Å². The zero-order chi connectivity index (χ0) is 42.9. The number of hydrogen-bond donors (Lipinski definition) is 0. The average molecular weight is 906 g/mol. The van der Waals surface area contributed by atoms with Crippen LogP contribution in [0.2, 0.25) is 0 Å². The lowest BCUT2D eigenvalue weighted by Crippen LogP contribution is -1.93. The van der Waals surface area contributed by atoms with Crippen LogP contribution >= 0.6 is 45.3 Å². The first-order chi connectivity index (χ1) is 30.6. The molecule has 0 fully saturated rings. The van der Waals surface area contributed by atoms with Gasteiger partial charge in [0.15, 0.2) is 0 Å². The highest BCUT2D eigenvalue weighted by atomic mass is 32.1. The van der Waals surface area contributed by atoms with Crippen molar-refractivity contribution in [3.05, 3.63) is 69.4 Å². The van der Waals surface area contributed by atoms with Gasteiger partial charge in [0, 0.05) is 49.1 Å². The molecule has 4 aromatic heterocycles. The second-order valence-electron chi connectivity index (χ2n) is 19.1. The standard InChI is InChI=1S/C58H80S4/c1-5-7-9-11-13-15-17-19-21-23-25-27-29-31-33-47-51-40-44(4)60-57(51)48(34-32-30-28-26-24-22-20-18-16-14-12-10-8-6-2)52-42-55(62-58(47)52)54-41-50-46-36-35-45-39-43(3)59-56(45)49(46)37-38-53(50)61-54/h35-42H,5-34H2,1-4H3. The molecule has 0 atom stereocenters. The summed E-state index contributed by atoms with van der Waals surface area (Å²) in [5.74, 6) is 0. The molecule has 3 aromatic carbocycles. The van der Waals surface area contributed by atoms with Crippen LogP contribution in [-0.4, -0.2) is 0 Å². The second-order valence-corrected chi connectivity index (χ2v) is 23.8. The third-order valence-electron chi connectivity index (χ3n) is 13.9. The van der Waals surface area contributed by atoms with Crippen molar-refractivity contribution in [2.24, 2.45) is 0 Å². The van der Waals surface area contributed by atoms with Crippen LogP contribution in [0.4, 0.5) is 0 Å². The van der Waals surface area contributed by atoms with Crippen molar-refractivity contribution in [2.75, 3.05) is 0 Å². The Labute approximate surface area is 393 Å². The van der Waals surface area contributed by atoms with Gasteiger partial charge >= 0.3 is 0 Å². The van der Waals surface area contributed by atoms with E-state index in [1.54, 1.807) is 31.3 Å². The summed E-state index contributed by atoms with van der Waals surface area (Å²) in [6.45, 7) is 9.22. The van der Waals surface area contributed by atoms with Gasteiger partial charge in [-0.1, -0.05) is 199 Å². The Bertz CT molecular complexity index is 2310. The van der Waals surface area contributed by atoms with Crippen molar-refractivity contribution in [2.45, 2.75) is 220 Å². The van der Waals surface area contributed by atoms with E-state index in [-0.39, 0.29) is 0 Å². The number of fused-ring (bicyclic) bond motifs is 7. The molecule has 0 bridgehead atoms. The summed E-state index contributed by atoms with van der Waals surface area (Å²) >= 11 is 8.14. The first kappa shape index (κ1) is 47.7. The van der Waals surface area contributed by atoms with Crippen molar-refractivity contribution < 1.29 is 0 Å². The molecule has 4 heterocycles. The van der Waals surface area contributed by atoms with E-state index in [1.807, 2.05) is 22.7 Å². The Hall–Kier alpha value is -2.24.